The zero-order valence-electron chi connectivity index (χ0n) is 11.0. The topological polar surface area (TPSA) is 25.4 Å². The van der Waals surface area contributed by atoms with Crippen molar-refractivity contribution in [2.75, 3.05) is 20.7 Å². The summed E-state index contributed by atoms with van der Waals surface area (Å²) in [4.78, 5) is 7.35. The third-order valence-electron chi connectivity index (χ3n) is 2.56. The van der Waals surface area contributed by atoms with E-state index in [1.165, 1.54) is 0 Å². The first-order valence-electron chi connectivity index (χ1n) is 5.85. The maximum atomic E-state index is 5.25. The molecule has 1 unspecified atom stereocenters. The maximum absolute atomic E-state index is 5.25. The van der Waals surface area contributed by atoms with Crippen molar-refractivity contribution in [3.05, 3.63) is 23.5 Å². The molecule has 1 aromatic heterocycles. The lowest BCUT2D eigenvalue weighted by Crippen LogP contribution is -2.21. The largest absolute Gasteiger partial charge is 0.497 e. The van der Waals surface area contributed by atoms with E-state index < -0.39 is 0 Å². The van der Waals surface area contributed by atoms with Crippen LogP contribution < -0.4 is 4.74 Å². The minimum Gasteiger partial charge on any atom is -0.497 e. The second-order valence-corrected chi connectivity index (χ2v) is 6.01. The molecule has 1 rings (SSSR count). The quantitative estimate of drug-likeness (QED) is 0.755. The number of halogens is 1. The predicted octanol–water partition coefficient (Wildman–Crippen LogP) is 3.00. The molecule has 0 aromatic carbocycles. The van der Waals surface area contributed by atoms with Gasteiger partial charge >= 0.3 is 0 Å². The summed E-state index contributed by atoms with van der Waals surface area (Å²) in [5, 5.41) is 0. The van der Waals surface area contributed by atoms with Gasteiger partial charge in [-0.25, -0.2) is 0 Å². The van der Waals surface area contributed by atoms with E-state index >= 15 is 0 Å². The number of hydrogen-bond donors (Lipinski definition) is 0. The van der Waals surface area contributed by atoms with Crippen LogP contribution in [-0.2, 0) is 6.54 Å². The molecular formula is C13H21BrN2O. The number of methoxy groups -OCH3 is 1. The molecule has 1 heterocycles. The Kier molecular flexibility index (Phi) is 5.92. The first-order chi connectivity index (χ1) is 8.01. The molecule has 0 aliphatic heterocycles. The zero-order chi connectivity index (χ0) is 12.8. The van der Waals surface area contributed by atoms with Gasteiger partial charge in [-0.1, -0.05) is 22.9 Å². The Balaban J connectivity index is 2.58. The van der Waals surface area contributed by atoms with E-state index in [1.54, 1.807) is 7.11 Å². The van der Waals surface area contributed by atoms with Crippen LogP contribution in [0.1, 0.15) is 24.7 Å². The standard InChI is InChI=1S/C13H21BrN2O/c1-10(14)5-6-16(3)9-12-8-13(17-4)7-11(2)15-12/h7-8,10H,5-6,9H2,1-4H3. The Bertz CT molecular complexity index is 355. The van der Waals surface area contributed by atoms with Crippen LogP contribution in [0.5, 0.6) is 5.75 Å². The molecule has 1 aromatic rings. The predicted molar refractivity (Wildman–Crippen MR) is 74.9 cm³/mol. The summed E-state index contributed by atoms with van der Waals surface area (Å²) in [5.41, 5.74) is 2.06. The summed E-state index contributed by atoms with van der Waals surface area (Å²) in [5.74, 6) is 0.884. The minimum absolute atomic E-state index is 0.560. The fourth-order valence-corrected chi connectivity index (χ4v) is 1.86. The van der Waals surface area contributed by atoms with Crippen molar-refractivity contribution in [3.63, 3.8) is 0 Å². The smallest absolute Gasteiger partial charge is 0.122 e. The first kappa shape index (κ1) is 14.5. The number of aromatic nitrogens is 1. The number of hydrogen-bond acceptors (Lipinski definition) is 3. The molecular weight excluding hydrogens is 280 g/mol. The Morgan fingerprint density at radius 3 is 2.76 bits per heavy atom. The molecule has 0 fully saturated rings. The fourth-order valence-electron chi connectivity index (χ4n) is 1.66. The average molecular weight is 301 g/mol. The van der Waals surface area contributed by atoms with Crippen LogP contribution in [0.3, 0.4) is 0 Å². The van der Waals surface area contributed by atoms with Gasteiger partial charge in [0.2, 0.25) is 0 Å². The van der Waals surface area contributed by atoms with Gasteiger partial charge in [-0.3, -0.25) is 4.98 Å². The van der Waals surface area contributed by atoms with Crippen molar-refractivity contribution in [2.24, 2.45) is 0 Å². The molecule has 0 spiro atoms. The van der Waals surface area contributed by atoms with Gasteiger partial charge in [-0.05, 0) is 26.9 Å². The Hall–Kier alpha value is -0.610. The number of rotatable bonds is 6. The fraction of sp³-hybridized carbons (Fsp3) is 0.615. The number of alkyl halides is 1. The summed E-state index contributed by atoms with van der Waals surface area (Å²) in [7, 11) is 3.81. The summed E-state index contributed by atoms with van der Waals surface area (Å²) in [6.45, 7) is 6.08. The number of aryl methyl sites for hydroxylation is 1. The molecule has 0 bridgehead atoms. The summed E-state index contributed by atoms with van der Waals surface area (Å²) in [6, 6.07) is 3.95. The monoisotopic (exact) mass is 300 g/mol. The Morgan fingerprint density at radius 2 is 2.18 bits per heavy atom. The van der Waals surface area contributed by atoms with Crippen molar-refractivity contribution in [3.8, 4) is 5.75 Å². The molecule has 1 atom stereocenters. The van der Waals surface area contributed by atoms with Gasteiger partial charge < -0.3 is 9.64 Å². The summed E-state index contributed by atoms with van der Waals surface area (Å²) >= 11 is 3.56. The van der Waals surface area contributed by atoms with Crippen LogP contribution >= 0.6 is 15.9 Å². The zero-order valence-corrected chi connectivity index (χ0v) is 12.6. The minimum atomic E-state index is 0.560. The normalized spacial score (nSPS) is 12.8. The average Bonchev–Trinajstić information content (AvgIpc) is 2.25. The Labute approximate surface area is 112 Å². The molecule has 0 aliphatic rings. The molecule has 0 N–H and O–H groups in total. The molecule has 0 saturated heterocycles. The highest BCUT2D eigenvalue weighted by atomic mass is 79.9. The lowest BCUT2D eigenvalue weighted by molar-refractivity contribution is 0.317. The van der Waals surface area contributed by atoms with E-state index in [0.717, 1.165) is 36.6 Å². The van der Waals surface area contributed by atoms with Crippen LogP contribution in [0.25, 0.3) is 0 Å². The van der Waals surface area contributed by atoms with Crippen molar-refractivity contribution < 1.29 is 4.74 Å². The van der Waals surface area contributed by atoms with Crippen LogP contribution in [-0.4, -0.2) is 35.4 Å². The summed E-state index contributed by atoms with van der Waals surface area (Å²) < 4.78 is 5.25. The highest BCUT2D eigenvalue weighted by Crippen LogP contribution is 2.14. The van der Waals surface area contributed by atoms with Gasteiger partial charge in [-0.2, -0.15) is 0 Å². The van der Waals surface area contributed by atoms with E-state index in [-0.39, 0.29) is 0 Å². The second kappa shape index (κ2) is 6.97. The van der Waals surface area contributed by atoms with E-state index in [2.05, 4.69) is 39.8 Å². The van der Waals surface area contributed by atoms with Crippen molar-refractivity contribution in [1.82, 2.24) is 9.88 Å². The maximum Gasteiger partial charge on any atom is 0.122 e. The molecule has 17 heavy (non-hydrogen) atoms. The van der Waals surface area contributed by atoms with Gasteiger partial charge in [0, 0.05) is 29.2 Å². The highest BCUT2D eigenvalue weighted by molar-refractivity contribution is 9.09. The van der Waals surface area contributed by atoms with E-state index in [0.29, 0.717) is 4.83 Å². The van der Waals surface area contributed by atoms with Gasteiger partial charge in [0.1, 0.15) is 5.75 Å². The highest BCUT2D eigenvalue weighted by Gasteiger charge is 2.05. The van der Waals surface area contributed by atoms with E-state index in [4.69, 9.17) is 4.74 Å². The molecule has 0 saturated carbocycles. The van der Waals surface area contributed by atoms with Gasteiger partial charge in [0.15, 0.2) is 0 Å². The molecule has 4 heteroatoms. The first-order valence-corrected chi connectivity index (χ1v) is 6.77. The molecule has 3 nitrogen and oxygen atoms in total. The van der Waals surface area contributed by atoms with Crippen molar-refractivity contribution >= 4 is 15.9 Å². The molecule has 0 amide bonds. The van der Waals surface area contributed by atoms with Crippen molar-refractivity contribution in [2.45, 2.75) is 31.6 Å². The van der Waals surface area contributed by atoms with Crippen LogP contribution in [0.15, 0.2) is 12.1 Å². The third-order valence-corrected chi connectivity index (χ3v) is 3.01. The third kappa shape index (κ3) is 5.50. The van der Waals surface area contributed by atoms with Crippen LogP contribution in [0.4, 0.5) is 0 Å². The molecule has 0 aliphatic carbocycles. The number of nitrogens with zero attached hydrogens (tertiary/aromatic N) is 2. The van der Waals surface area contributed by atoms with Gasteiger partial charge in [0.05, 0.1) is 12.8 Å². The molecule has 0 radical (unpaired) electrons. The van der Waals surface area contributed by atoms with Crippen LogP contribution in [0, 0.1) is 6.92 Å². The van der Waals surface area contributed by atoms with Gasteiger partial charge in [0.25, 0.3) is 0 Å². The lowest BCUT2D eigenvalue weighted by atomic mass is 10.2. The van der Waals surface area contributed by atoms with Crippen LogP contribution in [0.2, 0.25) is 0 Å². The lowest BCUT2D eigenvalue weighted by Gasteiger charge is -2.17. The molecule has 96 valence electrons. The Morgan fingerprint density at radius 1 is 1.47 bits per heavy atom. The van der Waals surface area contributed by atoms with E-state index in [1.807, 2.05) is 19.1 Å². The van der Waals surface area contributed by atoms with Crippen molar-refractivity contribution in [1.29, 1.82) is 0 Å². The second-order valence-electron chi connectivity index (χ2n) is 4.45. The SMILES string of the molecule is COc1cc(C)nc(CN(C)CCC(C)Br)c1. The number of pyridine rings is 1. The summed E-state index contributed by atoms with van der Waals surface area (Å²) in [6.07, 6.45) is 1.14. The van der Waals surface area contributed by atoms with E-state index in [9.17, 15) is 0 Å². The van der Waals surface area contributed by atoms with Gasteiger partial charge in [-0.15, -0.1) is 0 Å². The number of ether oxygens (including phenoxy) is 1.